The highest BCUT2D eigenvalue weighted by molar-refractivity contribution is 6.15. The zero-order valence-corrected chi connectivity index (χ0v) is 18.2. The number of hydrogen-bond donors (Lipinski definition) is 1. The number of ether oxygens (including phenoxy) is 2. The Labute approximate surface area is 187 Å². The largest absolute Gasteiger partial charge is 0.503 e. The molecule has 32 heavy (non-hydrogen) atoms. The summed E-state index contributed by atoms with van der Waals surface area (Å²) >= 11 is 0. The third-order valence-corrected chi connectivity index (χ3v) is 5.76. The van der Waals surface area contributed by atoms with Gasteiger partial charge in [0.15, 0.2) is 11.5 Å². The third kappa shape index (κ3) is 4.56. The van der Waals surface area contributed by atoms with Gasteiger partial charge in [-0.25, -0.2) is 0 Å². The van der Waals surface area contributed by atoms with Crippen LogP contribution in [0.5, 0.6) is 5.75 Å². The van der Waals surface area contributed by atoms with E-state index in [1.807, 2.05) is 31.2 Å². The Bertz CT molecular complexity index is 978. The number of hydrogen-bond acceptors (Lipinski definition) is 7. The molecule has 170 valence electrons. The number of furan rings is 1. The summed E-state index contributed by atoms with van der Waals surface area (Å²) in [4.78, 5) is 30.1. The molecule has 0 aliphatic carbocycles. The van der Waals surface area contributed by atoms with Gasteiger partial charge in [0.25, 0.3) is 5.91 Å². The Morgan fingerprint density at radius 2 is 2.00 bits per heavy atom. The van der Waals surface area contributed by atoms with Crippen LogP contribution in [0.2, 0.25) is 0 Å². The first-order valence-corrected chi connectivity index (χ1v) is 10.9. The minimum atomic E-state index is -0.717. The summed E-state index contributed by atoms with van der Waals surface area (Å²) < 4.78 is 16.3. The van der Waals surface area contributed by atoms with Crippen molar-refractivity contribution in [1.29, 1.82) is 0 Å². The van der Waals surface area contributed by atoms with Gasteiger partial charge in [0.1, 0.15) is 5.75 Å². The number of Topliss-reactive ketones (excluding diaryl/α,β-unsaturated/α-hetero) is 1. The standard InChI is InChI=1S/C24H28N2O6/c1-2-31-18-7-3-6-17(16-18)21-20(22(27)19-8-4-13-32-19)23(28)24(29)26(21)10-5-9-25-11-14-30-15-12-25/h3-4,6-8,13,16,21,28H,2,5,9-12,14-15H2,1H3/t21-/m1/s1. The fraction of sp³-hybridized carbons (Fsp3) is 0.417. The minimum absolute atomic E-state index is 0.0324. The maximum Gasteiger partial charge on any atom is 0.290 e. The lowest BCUT2D eigenvalue weighted by Crippen LogP contribution is -2.39. The quantitative estimate of drug-likeness (QED) is 0.599. The third-order valence-electron chi connectivity index (χ3n) is 5.76. The van der Waals surface area contributed by atoms with Crippen molar-refractivity contribution in [2.24, 2.45) is 0 Å². The number of nitrogens with zero attached hydrogens (tertiary/aromatic N) is 2. The van der Waals surface area contributed by atoms with Crippen LogP contribution in [0.3, 0.4) is 0 Å². The van der Waals surface area contributed by atoms with Crippen molar-refractivity contribution in [3.8, 4) is 5.75 Å². The highest BCUT2D eigenvalue weighted by Gasteiger charge is 2.44. The first-order chi connectivity index (χ1) is 15.6. The van der Waals surface area contributed by atoms with Gasteiger partial charge in [-0.2, -0.15) is 0 Å². The van der Waals surface area contributed by atoms with Crippen molar-refractivity contribution >= 4 is 11.7 Å². The molecule has 8 heteroatoms. The molecule has 2 aromatic rings. The molecule has 0 radical (unpaired) electrons. The second-order valence-corrected chi connectivity index (χ2v) is 7.78. The number of rotatable bonds is 9. The molecular weight excluding hydrogens is 412 g/mol. The van der Waals surface area contributed by atoms with E-state index in [9.17, 15) is 14.7 Å². The molecule has 1 N–H and O–H groups in total. The number of aliphatic hydroxyl groups excluding tert-OH is 1. The summed E-state index contributed by atoms with van der Waals surface area (Å²) in [5.41, 5.74) is 0.736. The number of benzene rings is 1. The van der Waals surface area contributed by atoms with Crippen LogP contribution in [-0.4, -0.2) is 72.6 Å². The second-order valence-electron chi connectivity index (χ2n) is 7.78. The van der Waals surface area contributed by atoms with E-state index in [1.54, 1.807) is 11.0 Å². The Hall–Kier alpha value is -3.10. The molecule has 1 amide bonds. The zero-order chi connectivity index (χ0) is 22.5. The predicted octanol–water partition coefficient (Wildman–Crippen LogP) is 2.98. The van der Waals surface area contributed by atoms with Crippen LogP contribution in [0.15, 0.2) is 58.4 Å². The number of carbonyl (C=O) groups is 2. The molecule has 0 spiro atoms. The van der Waals surface area contributed by atoms with E-state index in [4.69, 9.17) is 13.9 Å². The molecule has 8 nitrogen and oxygen atoms in total. The highest BCUT2D eigenvalue weighted by atomic mass is 16.5. The molecule has 2 aliphatic rings. The van der Waals surface area contributed by atoms with E-state index in [2.05, 4.69) is 4.90 Å². The van der Waals surface area contributed by atoms with Gasteiger partial charge in [-0.3, -0.25) is 14.5 Å². The van der Waals surface area contributed by atoms with Gasteiger partial charge in [-0.1, -0.05) is 12.1 Å². The molecule has 0 saturated carbocycles. The maximum atomic E-state index is 13.2. The van der Waals surface area contributed by atoms with Gasteiger partial charge in [-0.05, 0) is 43.2 Å². The smallest absolute Gasteiger partial charge is 0.290 e. The van der Waals surface area contributed by atoms with Gasteiger partial charge in [0.05, 0.1) is 37.7 Å². The average molecular weight is 440 g/mol. The Kier molecular flexibility index (Phi) is 6.92. The van der Waals surface area contributed by atoms with Crippen LogP contribution >= 0.6 is 0 Å². The Morgan fingerprint density at radius 1 is 1.19 bits per heavy atom. The number of morpholine rings is 1. The fourth-order valence-corrected chi connectivity index (χ4v) is 4.23. The zero-order valence-electron chi connectivity index (χ0n) is 18.2. The highest BCUT2D eigenvalue weighted by Crippen LogP contribution is 2.40. The molecule has 3 heterocycles. The van der Waals surface area contributed by atoms with E-state index >= 15 is 0 Å². The Morgan fingerprint density at radius 3 is 2.72 bits per heavy atom. The molecule has 0 bridgehead atoms. The van der Waals surface area contributed by atoms with Crippen molar-refractivity contribution in [2.75, 3.05) is 46.0 Å². The van der Waals surface area contributed by atoms with E-state index < -0.39 is 23.5 Å². The SMILES string of the molecule is CCOc1cccc([C@@H]2C(C(=O)c3ccco3)=C(O)C(=O)N2CCCN2CCOCC2)c1. The first kappa shape index (κ1) is 22.1. The second kappa shape index (κ2) is 10.0. The van der Waals surface area contributed by atoms with Gasteiger partial charge in [0, 0.05) is 26.2 Å². The van der Waals surface area contributed by atoms with Crippen molar-refractivity contribution in [2.45, 2.75) is 19.4 Å². The lowest BCUT2D eigenvalue weighted by molar-refractivity contribution is -0.129. The molecule has 1 fully saturated rings. The van der Waals surface area contributed by atoms with Crippen LogP contribution in [0.25, 0.3) is 0 Å². The normalized spacial score (nSPS) is 19.6. The molecular formula is C24H28N2O6. The molecule has 1 aromatic heterocycles. The molecule has 1 saturated heterocycles. The average Bonchev–Trinajstić information content (AvgIpc) is 3.43. The molecule has 2 aliphatic heterocycles. The summed E-state index contributed by atoms with van der Waals surface area (Å²) in [5, 5.41) is 10.7. The lowest BCUT2D eigenvalue weighted by Gasteiger charge is -2.30. The van der Waals surface area contributed by atoms with Crippen molar-refractivity contribution in [3.63, 3.8) is 0 Å². The van der Waals surface area contributed by atoms with Crippen molar-refractivity contribution in [3.05, 3.63) is 65.3 Å². The lowest BCUT2D eigenvalue weighted by atomic mass is 9.95. The fourth-order valence-electron chi connectivity index (χ4n) is 4.23. The van der Waals surface area contributed by atoms with E-state index in [0.29, 0.717) is 44.1 Å². The molecule has 0 unspecified atom stereocenters. The van der Waals surface area contributed by atoms with Crippen molar-refractivity contribution in [1.82, 2.24) is 9.80 Å². The maximum absolute atomic E-state index is 13.2. The number of aliphatic hydroxyl groups is 1. The van der Waals surface area contributed by atoms with Crippen LogP contribution in [0, 0.1) is 0 Å². The van der Waals surface area contributed by atoms with Gasteiger partial charge in [0.2, 0.25) is 5.78 Å². The van der Waals surface area contributed by atoms with Crippen molar-refractivity contribution < 1.29 is 28.6 Å². The van der Waals surface area contributed by atoms with Crippen LogP contribution in [0.4, 0.5) is 0 Å². The van der Waals surface area contributed by atoms with E-state index in [0.717, 1.165) is 19.6 Å². The summed E-state index contributed by atoms with van der Waals surface area (Å²) in [5.74, 6) is -0.844. The summed E-state index contributed by atoms with van der Waals surface area (Å²) in [6, 6.07) is 9.71. The first-order valence-electron chi connectivity index (χ1n) is 10.9. The molecule has 4 rings (SSSR count). The van der Waals surface area contributed by atoms with Gasteiger partial charge < -0.3 is 23.9 Å². The van der Waals surface area contributed by atoms with E-state index in [-0.39, 0.29) is 11.3 Å². The summed E-state index contributed by atoms with van der Waals surface area (Å²) in [6.45, 7) is 6.73. The van der Waals surface area contributed by atoms with E-state index in [1.165, 1.54) is 12.3 Å². The predicted molar refractivity (Wildman–Crippen MR) is 117 cm³/mol. The summed E-state index contributed by atoms with van der Waals surface area (Å²) in [6.07, 6.45) is 2.11. The number of amides is 1. The van der Waals surface area contributed by atoms with Crippen LogP contribution in [0.1, 0.15) is 35.5 Å². The molecule has 1 aromatic carbocycles. The minimum Gasteiger partial charge on any atom is -0.503 e. The monoisotopic (exact) mass is 440 g/mol. The number of carbonyl (C=O) groups excluding carboxylic acids is 2. The van der Waals surface area contributed by atoms with Gasteiger partial charge in [-0.15, -0.1) is 0 Å². The van der Waals surface area contributed by atoms with Gasteiger partial charge >= 0.3 is 0 Å². The van der Waals surface area contributed by atoms with Crippen LogP contribution in [-0.2, 0) is 9.53 Å². The molecule has 1 atom stereocenters. The topological polar surface area (TPSA) is 92.5 Å². The van der Waals surface area contributed by atoms with Crippen LogP contribution < -0.4 is 4.74 Å². The number of ketones is 1. The summed E-state index contributed by atoms with van der Waals surface area (Å²) in [7, 11) is 0. The Balaban J connectivity index is 1.61.